The van der Waals surface area contributed by atoms with Crippen LogP contribution in [0.3, 0.4) is 0 Å². The summed E-state index contributed by atoms with van der Waals surface area (Å²) in [5, 5.41) is 0.734. The predicted molar refractivity (Wildman–Crippen MR) is 135 cm³/mol. The number of anilines is 1. The monoisotopic (exact) mass is 474 g/mol. The fourth-order valence-corrected chi connectivity index (χ4v) is 4.55. The number of ether oxygens (including phenoxy) is 1. The van der Waals surface area contributed by atoms with Gasteiger partial charge in [-0.25, -0.2) is 4.98 Å². The van der Waals surface area contributed by atoms with E-state index >= 15 is 0 Å². The molecular weight excluding hydrogens is 448 g/mol. The maximum atomic E-state index is 13.0. The summed E-state index contributed by atoms with van der Waals surface area (Å²) in [5.41, 5.74) is 5.93. The van der Waals surface area contributed by atoms with Crippen LogP contribution in [-0.2, 0) is 6.61 Å². The standard InChI is InChI=1S/C27H27ClN4O2/c1-19-5-8-22(28)16-25(19)30-12-14-31(15-13-30)27(33)21-6-9-24(10-7-21)34-18-23-17-32-11-3-4-20(2)26(32)29-23/h3-11,16-17H,12-15,18H2,1-2H3. The Labute approximate surface area is 204 Å². The highest BCUT2D eigenvalue weighted by Gasteiger charge is 2.23. The summed E-state index contributed by atoms with van der Waals surface area (Å²) in [6.07, 6.45) is 3.96. The fraction of sp³-hybridized carbons (Fsp3) is 0.259. The van der Waals surface area contributed by atoms with Crippen molar-refractivity contribution in [3.8, 4) is 5.75 Å². The van der Waals surface area contributed by atoms with Gasteiger partial charge in [0.15, 0.2) is 0 Å². The van der Waals surface area contributed by atoms with E-state index in [0.717, 1.165) is 40.7 Å². The van der Waals surface area contributed by atoms with Crippen LogP contribution >= 0.6 is 11.6 Å². The number of hydrogen-bond acceptors (Lipinski definition) is 4. The van der Waals surface area contributed by atoms with Crippen LogP contribution in [0.4, 0.5) is 5.69 Å². The van der Waals surface area contributed by atoms with Crippen molar-refractivity contribution >= 4 is 28.8 Å². The Hall–Kier alpha value is -3.51. The van der Waals surface area contributed by atoms with Crippen LogP contribution in [0.2, 0.25) is 5.02 Å². The van der Waals surface area contributed by atoms with Crippen LogP contribution in [0.1, 0.15) is 27.2 Å². The first-order chi connectivity index (χ1) is 16.5. The molecule has 34 heavy (non-hydrogen) atoms. The third-order valence-corrected chi connectivity index (χ3v) is 6.53. The number of nitrogens with zero attached hydrogens (tertiary/aromatic N) is 4. The molecule has 1 amide bonds. The molecular formula is C27H27ClN4O2. The van der Waals surface area contributed by atoms with Crippen molar-refractivity contribution in [2.45, 2.75) is 20.5 Å². The molecule has 1 aliphatic rings. The van der Waals surface area contributed by atoms with E-state index in [0.29, 0.717) is 31.0 Å². The number of halogens is 1. The predicted octanol–water partition coefficient (Wildman–Crippen LogP) is 5.15. The van der Waals surface area contributed by atoms with E-state index in [1.807, 2.05) is 83.2 Å². The van der Waals surface area contributed by atoms with Gasteiger partial charge in [0.05, 0.1) is 5.69 Å². The molecule has 4 aromatic rings. The molecule has 0 N–H and O–H groups in total. The number of piperazine rings is 1. The van der Waals surface area contributed by atoms with Gasteiger partial charge in [-0.15, -0.1) is 0 Å². The Balaban J connectivity index is 1.18. The minimum absolute atomic E-state index is 0.0462. The molecule has 2 aromatic heterocycles. The normalized spacial score (nSPS) is 14.0. The topological polar surface area (TPSA) is 50.1 Å². The van der Waals surface area contributed by atoms with Crippen molar-refractivity contribution in [3.63, 3.8) is 0 Å². The highest BCUT2D eigenvalue weighted by molar-refractivity contribution is 6.30. The number of amides is 1. The molecule has 1 saturated heterocycles. The second-order valence-electron chi connectivity index (χ2n) is 8.68. The van der Waals surface area contributed by atoms with Crippen LogP contribution in [0.5, 0.6) is 5.75 Å². The smallest absolute Gasteiger partial charge is 0.253 e. The van der Waals surface area contributed by atoms with Gasteiger partial charge in [-0.3, -0.25) is 4.79 Å². The van der Waals surface area contributed by atoms with Gasteiger partial charge in [0, 0.05) is 54.8 Å². The van der Waals surface area contributed by atoms with E-state index in [2.05, 4.69) is 16.8 Å². The number of carbonyl (C=O) groups is 1. The van der Waals surface area contributed by atoms with Crippen LogP contribution in [0, 0.1) is 13.8 Å². The number of benzene rings is 2. The maximum Gasteiger partial charge on any atom is 0.253 e. The zero-order chi connectivity index (χ0) is 23.7. The van der Waals surface area contributed by atoms with Gasteiger partial charge >= 0.3 is 0 Å². The Morgan fingerprint density at radius 2 is 1.76 bits per heavy atom. The van der Waals surface area contributed by atoms with Gasteiger partial charge in [-0.2, -0.15) is 0 Å². The second-order valence-corrected chi connectivity index (χ2v) is 9.11. The van der Waals surface area contributed by atoms with Crippen molar-refractivity contribution in [3.05, 3.63) is 94.4 Å². The van der Waals surface area contributed by atoms with Gasteiger partial charge in [0.1, 0.15) is 18.0 Å². The quantitative estimate of drug-likeness (QED) is 0.401. The molecule has 7 heteroatoms. The summed E-state index contributed by atoms with van der Waals surface area (Å²) in [5.74, 6) is 0.761. The third-order valence-electron chi connectivity index (χ3n) is 6.29. The molecule has 2 aromatic carbocycles. The molecule has 1 fully saturated rings. The molecule has 1 aliphatic heterocycles. The van der Waals surface area contributed by atoms with Gasteiger partial charge < -0.3 is 18.9 Å². The minimum Gasteiger partial charge on any atom is -0.487 e. The van der Waals surface area contributed by atoms with E-state index in [1.165, 1.54) is 5.56 Å². The first-order valence-corrected chi connectivity index (χ1v) is 11.8. The number of imidazole rings is 1. The summed E-state index contributed by atoms with van der Waals surface area (Å²) >= 11 is 6.18. The van der Waals surface area contributed by atoms with Gasteiger partial charge in [-0.05, 0) is 67.4 Å². The summed E-state index contributed by atoms with van der Waals surface area (Å²) in [6, 6.07) is 17.3. The molecule has 0 saturated carbocycles. The van der Waals surface area contributed by atoms with Crippen molar-refractivity contribution in [2.75, 3.05) is 31.1 Å². The summed E-state index contributed by atoms with van der Waals surface area (Å²) in [4.78, 5) is 21.9. The number of hydrogen-bond donors (Lipinski definition) is 0. The molecule has 0 radical (unpaired) electrons. The molecule has 174 valence electrons. The summed E-state index contributed by atoms with van der Waals surface area (Å²) in [7, 11) is 0. The second kappa shape index (κ2) is 9.39. The number of rotatable bonds is 5. The Morgan fingerprint density at radius 1 is 1.00 bits per heavy atom. The van der Waals surface area contributed by atoms with Gasteiger partial charge in [0.2, 0.25) is 0 Å². The van der Waals surface area contributed by atoms with Gasteiger partial charge in [0.25, 0.3) is 5.91 Å². The fourth-order valence-electron chi connectivity index (χ4n) is 4.38. The van der Waals surface area contributed by atoms with Crippen molar-refractivity contribution in [2.24, 2.45) is 0 Å². The lowest BCUT2D eigenvalue weighted by Gasteiger charge is -2.37. The molecule has 3 heterocycles. The average Bonchev–Trinajstić information content (AvgIpc) is 3.29. The van der Waals surface area contributed by atoms with Crippen molar-refractivity contribution in [1.29, 1.82) is 0 Å². The van der Waals surface area contributed by atoms with Crippen molar-refractivity contribution in [1.82, 2.24) is 14.3 Å². The molecule has 6 nitrogen and oxygen atoms in total. The van der Waals surface area contributed by atoms with E-state index < -0.39 is 0 Å². The van der Waals surface area contributed by atoms with Crippen LogP contribution in [-0.4, -0.2) is 46.4 Å². The lowest BCUT2D eigenvalue weighted by atomic mass is 10.1. The minimum atomic E-state index is 0.0462. The van der Waals surface area contributed by atoms with E-state index in [4.69, 9.17) is 16.3 Å². The third kappa shape index (κ3) is 4.59. The summed E-state index contributed by atoms with van der Waals surface area (Å²) < 4.78 is 7.91. The molecule has 0 spiro atoms. The number of aromatic nitrogens is 2. The average molecular weight is 475 g/mol. The maximum absolute atomic E-state index is 13.0. The van der Waals surface area contributed by atoms with Crippen LogP contribution in [0.15, 0.2) is 67.0 Å². The number of fused-ring (bicyclic) bond motifs is 1. The Kier molecular flexibility index (Phi) is 6.16. The highest BCUT2D eigenvalue weighted by atomic mass is 35.5. The SMILES string of the molecule is Cc1ccc(Cl)cc1N1CCN(C(=O)c2ccc(OCc3cn4cccc(C)c4n3)cc2)CC1. The molecule has 0 bridgehead atoms. The molecule has 0 atom stereocenters. The molecule has 0 unspecified atom stereocenters. The lowest BCUT2D eigenvalue weighted by Crippen LogP contribution is -2.49. The summed E-state index contributed by atoms with van der Waals surface area (Å²) in [6.45, 7) is 7.43. The van der Waals surface area contributed by atoms with Crippen molar-refractivity contribution < 1.29 is 9.53 Å². The zero-order valence-electron chi connectivity index (χ0n) is 19.4. The largest absolute Gasteiger partial charge is 0.487 e. The Bertz CT molecular complexity index is 1320. The first-order valence-electron chi connectivity index (χ1n) is 11.4. The number of carbonyl (C=O) groups excluding carboxylic acids is 1. The molecule has 0 aliphatic carbocycles. The molecule has 5 rings (SSSR count). The lowest BCUT2D eigenvalue weighted by molar-refractivity contribution is 0.0746. The van der Waals surface area contributed by atoms with E-state index in [9.17, 15) is 4.79 Å². The first kappa shape index (κ1) is 22.3. The highest BCUT2D eigenvalue weighted by Crippen LogP contribution is 2.26. The van der Waals surface area contributed by atoms with Crippen LogP contribution in [0.25, 0.3) is 5.65 Å². The van der Waals surface area contributed by atoms with E-state index in [-0.39, 0.29) is 5.91 Å². The Morgan fingerprint density at radius 3 is 2.50 bits per heavy atom. The number of aryl methyl sites for hydroxylation is 2. The zero-order valence-corrected chi connectivity index (χ0v) is 20.1. The van der Waals surface area contributed by atoms with Gasteiger partial charge in [-0.1, -0.05) is 23.7 Å². The van der Waals surface area contributed by atoms with Crippen LogP contribution < -0.4 is 9.64 Å². The van der Waals surface area contributed by atoms with E-state index in [1.54, 1.807) is 0 Å². The number of pyridine rings is 1.